The number of hydrogen-bond acceptors (Lipinski definition) is 1. The Morgan fingerprint density at radius 2 is 1.76 bits per heavy atom. The molecule has 2 rings (SSSR count). The molecule has 0 amide bonds. The zero-order valence-corrected chi connectivity index (χ0v) is 14.2. The van der Waals surface area contributed by atoms with Crippen LogP contribution in [0.15, 0.2) is 36.4 Å². The smallest absolute Gasteiger partial charge is 0.0453 e. The van der Waals surface area contributed by atoms with Crippen molar-refractivity contribution in [3.05, 3.63) is 68.7 Å². The molecule has 0 heterocycles. The maximum atomic E-state index is 6.19. The topological polar surface area (TPSA) is 12.0 Å². The summed E-state index contributed by atoms with van der Waals surface area (Å²) in [4.78, 5) is 0. The van der Waals surface area contributed by atoms with Crippen LogP contribution < -0.4 is 5.32 Å². The predicted molar refractivity (Wildman–Crippen MR) is 92.5 cm³/mol. The molecule has 0 fully saturated rings. The third kappa shape index (κ3) is 4.47. The Labute approximate surface area is 137 Å². The van der Waals surface area contributed by atoms with Crippen LogP contribution in [0.3, 0.4) is 0 Å². The van der Waals surface area contributed by atoms with Gasteiger partial charge in [-0.2, -0.15) is 0 Å². The summed E-state index contributed by atoms with van der Waals surface area (Å²) in [5.74, 6) is 0. The monoisotopic (exact) mass is 321 g/mol. The summed E-state index contributed by atoms with van der Waals surface area (Å²) in [5, 5.41) is 4.96. The number of hydrogen-bond donors (Lipinski definition) is 1. The fourth-order valence-electron chi connectivity index (χ4n) is 2.30. The summed E-state index contributed by atoms with van der Waals surface area (Å²) < 4.78 is 0. The number of halogens is 2. The average Bonchev–Trinajstić information content (AvgIpc) is 2.44. The first-order valence-corrected chi connectivity index (χ1v) is 7.97. The molecular formula is C18H21Cl2N. The van der Waals surface area contributed by atoms with Gasteiger partial charge in [-0.1, -0.05) is 47.5 Å². The summed E-state index contributed by atoms with van der Waals surface area (Å²) in [7, 11) is 0. The van der Waals surface area contributed by atoms with Crippen LogP contribution >= 0.6 is 23.2 Å². The first-order chi connectivity index (χ1) is 9.97. The first kappa shape index (κ1) is 16.4. The van der Waals surface area contributed by atoms with Crippen molar-refractivity contribution < 1.29 is 0 Å². The van der Waals surface area contributed by atoms with Gasteiger partial charge in [0.05, 0.1) is 0 Å². The van der Waals surface area contributed by atoms with E-state index >= 15 is 0 Å². The molecule has 0 bridgehead atoms. The molecule has 1 atom stereocenters. The second kappa shape index (κ2) is 7.31. The molecule has 1 unspecified atom stereocenters. The Balaban J connectivity index is 1.92. The molecule has 2 aromatic rings. The highest BCUT2D eigenvalue weighted by molar-refractivity contribution is 6.35. The van der Waals surface area contributed by atoms with Gasteiger partial charge in [-0.25, -0.2) is 0 Å². The molecule has 1 nitrogen and oxygen atoms in total. The number of rotatable bonds is 5. The van der Waals surface area contributed by atoms with Crippen LogP contribution in [0.2, 0.25) is 10.0 Å². The Hall–Kier alpha value is -1.02. The maximum Gasteiger partial charge on any atom is 0.0453 e. The van der Waals surface area contributed by atoms with Crippen LogP contribution in [0.25, 0.3) is 0 Å². The molecular weight excluding hydrogens is 301 g/mol. The molecule has 0 aliphatic rings. The van der Waals surface area contributed by atoms with Crippen LogP contribution in [0.5, 0.6) is 0 Å². The van der Waals surface area contributed by atoms with Crippen molar-refractivity contribution in [2.75, 3.05) is 6.54 Å². The highest BCUT2D eigenvalue weighted by Crippen LogP contribution is 2.21. The standard InChI is InChI=1S/C18H21Cl2N/c1-12-4-5-16(10-13(12)2)14(3)21-9-8-15-6-7-17(19)11-18(15)20/h4-7,10-11,14,21H,8-9H2,1-3H3. The van der Waals surface area contributed by atoms with E-state index < -0.39 is 0 Å². The predicted octanol–water partition coefficient (Wildman–Crippen LogP) is 5.50. The average molecular weight is 322 g/mol. The molecule has 0 aromatic heterocycles. The third-order valence-corrected chi connectivity index (χ3v) is 4.48. The maximum absolute atomic E-state index is 6.19. The Bertz CT molecular complexity index is 623. The Kier molecular flexibility index (Phi) is 5.69. The second-order valence-corrected chi connectivity index (χ2v) is 6.35. The quantitative estimate of drug-likeness (QED) is 0.766. The van der Waals surface area contributed by atoms with E-state index in [1.54, 1.807) is 6.07 Å². The summed E-state index contributed by atoms with van der Waals surface area (Å²) in [6.45, 7) is 7.36. The van der Waals surface area contributed by atoms with Gasteiger partial charge in [0.15, 0.2) is 0 Å². The van der Waals surface area contributed by atoms with Crippen LogP contribution in [0.4, 0.5) is 0 Å². The lowest BCUT2D eigenvalue weighted by atomic mass is 10.0. The zero-order chi connectivity index (χ0) is 15.4. The van der Waals surface area contributed by atoms with E-state index in [1.807, 2.05) is 12.1 Å². The molecule has 0 saturated carbocycles. The summed E-state index contributed by atoms with van der Waals surface area (Å²) in [5.41, 5.74) is 5.11. The minimum Gasteiger partial charge on any atom is -0.310 e. The highest BCUT2D eigenvalue weighted by atomic mass is 35.5. The van der Waals surface area contributed by atoms with E-state index in [0.717, 1.165) is 23.6 Å². The van der Waals surface area contributed by atoms with E-state index in [9.17, 15) is 0 Å². The van der Waals surface area contributed by atoms with E-state index in [-0.39, 0.29) is 0 Å². The lowest BCUT2D eigenvalue weighted by molar-refractivity contribution is 0.576. The van der Waals surface area contributed by atoms with E-state index in [4.69, 9.17) is 23.2 Å². The summed E-state index contributed by atoms with van der Waals surface area (Å²) in [6, 6.07) is 12.6. The molecule has 2 aromatic carbocycles. The van der Waals surface area contributed by atoms with Crippen molar-refractivity contribution in [3.63, 3.8) is 0 Å². The minimum absolute atomic E-state index is 0.329. The Morgan fingerprint density at radius 1 is 1.00 bits per heavy atom. The van der Waals surface area contributed by atoms with E-state index in [2.05, 4.69) is 44.3 Å². The number of nitrogens with one attached hydrogen (secondary N) is 1. The van der Waals surface area contributed by atoms with Crippen molar-refractivity contribution in [2.24, 2.45) is 0 Å². The highest BCUT2D eigenvalue weighted by Gasteiger charge is 2.07. The first-order valence-electron chi connectivity index (χ1n) is 7.22. The summed E-state index contributed by atoms with van der Waals surface area (Å²) in [6.07, 6.45) is 0.894. The number of benzene rings is 2. The lowest BCUT2D eigenvalue weighted by Crippen LogP contribution is -2.21. The normalized spacial score (nSPS) is 12.4. The van der Waals surface area contributed by atoms with Crippen molar-refractivity contribution in [2.45, 2.75) is 33.2 Å². The van der Waals surface area contributed by atoms with Gasteiger partial charge in [0.1, 0.15) is 0 Å². The number of aryl methyl sites for hydroxylation is 2. The van der Waals surface area contributed by atoms with Crippen LogP contribution in [-0.2, 0) is 6.42 Å². The van der Waals surface area contributed by atoms with Gasteiger partial charge in [-0.05, 0) is 68.1 Å². The third-order valence-electron chi connectivity index (χ3n) is 3.89. The molecule has 0 spiro atoms. The molecule has 3 heteroatoms. The molecule has 0 aliphatic carbocycles. The molecule has 0 aliphatic heterocycles. The molecule has 112 valence electrons. The summed E-state index contributed by atoms with van der Waals surface area (Å²) >= 11 is 12.1. The minimum atomic E-state index is 0.329. The van der Waals surface area contributed by atoms with Crippen molar-refractivity contribution in [1.29, 1.82) is 0 Å². The molecule has 1 N–H and O–H groups in total. The van der Waals surface area contributed by atoms with E-state index in [0.29, 0.717) is 11.1 Å². The fraction of sp³-hybridized carbons (Fsp3) is 0.333. The van der Waals surface area contributed by atoms with Gasteiger partial charge >= 0.3 is 0 Å². The lowest BCUT2D eigenvalue weighted by Gasteiger charge is -2.16. The van der Waals surface area contributed by atoms with Crippen molar-refractivity contribution in [1.82, 2.24) is 5.32 Å². The van der Waals surface area contributed by atoms with Gasteiger partial charge in [0.2, 0.25) is 0 Å². The van der Waals surface area contributed by atoms with E-state index in [1.165, 1.54) is 16.7 Å². The molecule has 0 radical (unpaired) electrons. The molecule has 0 saturated heterocycles. The van der Waals surface area contributed by atoms with Gasteiger partial charge in [0, 0.05) is 16.1 Å². The fourth-order valence-corrected chi connectivity index (χ4v) is 2.80. The van der Waals surface area contributed by atoms with Crippen LogP contribution in [0.1, 0.15) is 35.2 Å². The van der Waals surface area contributed by atoms with Crippen LogP contribution in [-0.4, -0.2) is 6.54 Å². The Morgan fingerprint density at radius 3 is 2.43 bits per heavy atom. The second-order valence-electron chi connectivity index (χ2n) is 5.51. The van der Waals surface area contributed by atoms with Gasteiger partial charge in [0.25, 0.3) is 0 Å². The zero-order valence-electron chi connectivity index (χ0n) is 12.7. The largest absolute Gasteiger partial charge is 0.310 e. The van der Waals surface area contributed by atoms with Gasteiger partial charge < -0.3 is 5.32 Å². The van der Waals surface area contributed by atoms with Gasteiger partial charge in [-0.15, -0.1) is 0 Å². The SMILES string of the molecule is Cc1ccc(C(C)NCCc2ccc(Cl)cc2Cl)cc1C. The molecule has 21 heavy (non-hydrogen) atoms. The van der Waals surface area contributed by atoms with Crippen LogP contribution in [0, 0.1) is 13.8 Å². The van der Waals surface area contributed by atoms with Crippen molar-refractivity contribution >= 4 is 23.2 Å². The van der Waals surface area contributed by atoms with Crippen molar-refractivity contribution in [3.8, 4) is 0 Å². The van der Waals surface area contributed by atoms with Gasteiger partial charge in [-0.3, -0.25) is 0 Å².